The van der Waals surface area contributed by atoms with Gasteiger partial charge in [0.15, 0.2) is 0 Å². The summed E-state index contributed by atoms with van der Waals surface area (Å²) in [5, 5.41) is 3.69. The van der Waals surface area contributed by atoms with E-state index in [0.717, 1.165) is 35.7 Å². The molecule has 5 heteroatoms. The van der Waals surface area contributed by atoms with Gasteiger partial charge in [-0.25, -0.2) is 4.79 Å². The first-order valence-electron chi connectivity index (χ1n) is 8.11. The van der Waals surface area contributed by atoms with Crippen LogP contribution in [0.3, 0.4) is 0 Å². The molecule has 0 radical (unpaired) electrons. The van der Waals surface area contributed by atoms with Crippen molar-refractivity contribution < 1.29 is 4.79 Å². The van der Waals surface area contributed by atoms with E-state index in [1.54, 1.807) is 0 Å². The fourth-order valence-electron chi connectivity index (χ4n) is 2.74. The Kier molecular flexibility index (Phi) is 4.91. The van der Waals surface area contributed by atoms with Crippen LogP contribution in [0.4, 0.5) is 4.79 Å². The lowest BCUT2D eigenvalue weighted by molar-refractivity contribution is 0.191. The molecule has 4 nitrogen and oxygen atoms in total. The Balaban J connectivity index is 1.75. The van der Waals surface area contributed by atoms with Crippen LogP contribution in [0.2, 0.25) is 5.02 Å². The van der Waals surface area contributed by atoms with Gasteiger partial charge in [0.2, 0.25) is 0 Å². The molecular formula is C18H22ClN3O. The summed E-state index contributed by atoms with van der Waals surface area (Å²) in [6, 6.07) is 12.4. The van der Waals surface area contributed by atoms with Crippen molar-refractivity contribution in [3.63, 3.8) is 0 Å². The summed E-state index contributed by atoms with van der Waals surface area (Å²) < 4.78 is 2.16. The first kappa shape index (κ1) is 15.9. The van der Waals surface area contributed by atoms with Gasteiger partial charge < -0.3 is 14.8 Å². The normalized spacial score (nSPS) is 13.8. The fraction of sp³-hybridized carbons (Fsp3) is 0.389. The largest absolute Gasteiger partial charge is 0.345 e. The lowest BCUT2D eigenvalue weighted by Gasteiger charge is -2.23. The quantitative estimate of drug-likeness (QED) is 0.856. The number of halogens is 1. The van der Waals surface area contributed by atoms with Gasteiger partial charge in [-0.2, -0.15) is 0 Å². The van der Waals surface area contributed by atoms with Gasteiger partial charge in [0.1, 0.15) is 0 Å². The first-order valence-corrected chi connectivity index (χ1v) is 8.48. The minimum atomic E-state index is 0.0282. The number of aromatic nitrogens is 1. The van der Waals surface area contributed by atoms with Crippen LogP contribution in [0.5, 0.6) is 0 Å². The SMILES string of the molecule is CCNC(=O)N(Cc1cccn1Cc1ccccc1Cl)C1CC1. The second kappa shape index (κ2) is 7.09. The highest BCUT2D eigenvalue weighted by Crippen LogP contribution is 2.28. The Bertz CT molecular complexity index is 678. The van der Waals surface area contributed by atoms with Gasteiger partial charge in [-0.1, -0.05) is 29.8 Å². The number of nitrogens with zero attached hydrogens (tertiary/aromatic N) is 2. The Morgan fingerprint density at radius 1 is 1.30 bits per heavy atom. The minimum Gasteiger partial charge on any atom is -0.345 e. The maximum atomic E-state index is 12.3. The molecule has 1 aromatic heterocycles. The zero-order valence-electron chi connectivity index (χ0n) is 13.3. The molecule has 1 aliphatic rings. The van der Waals surface area contributed by atoms with Gasteiger partial charge in [0.25, 0.3) is 0 Å². The molecule has 1 saturated carbocycles. The van der Waals surface area contributed by atoms with Gasteiger partial charge in [-0.15, -0.1) is 0 Å². The van der Waals surface area contributed by atoms with E-state index in [1.165, 1.54) is 0 Å². The highest BCUT2D eigenvalue weighted by Gasteiger charge is 2.32. The van der Waals surface area contributed by atoms with E-state index in [4.69, 9.17) is 11.6 Å². The molecule has 0 spiro atoms. The number of hydrogen-bond donors (Lipinski definition) is 1. The Hall–Kier alpha value is -1.94. The second-order valence-corrected chi connectivity index (χ2v) is 6.32. The van der Waals surface area contributed by atoms with Crippen molar-refractivity contribution in [1.29, 1.82) is 0 Å². The van der Waals surface area contributed by atoms with E-state index < -0.39 is 0 Å². The Morgan fingerprint density at radius 2 is 2.09 bits per heavy atom. The second-order valence-electron chi connectivity index (χ2n) is 5.91. The van der Waals surface area contributed by atoms with E-state index in [9.17, 15) is 4.79 Å². The van der Waals surface area contributed by atoms with Crippen LogP contribution in [0.15, 0.2) is 42.6 Å². The number of rotatable bonds is 6. The Morgan fingerprint density at radius 3 is 2.78 bits per heavy atom. The van der Waals surface area contributed by atoms with E-state index in [0.29, 0.717) is 19.1 Å². The van der Waals surface area contributed by atoms with Gasteiger partial charge in [0, 0.05) is 36.0 Å². The standard InChI is InChI=1S/C18H22ClN3O/c1-2-20-18(23)22(15-9-10-15)13-16-7-5-11-21(16)12-14-6-3-4-8-17(14)19/h3-8,11,15H,2,9-10,12-13H2,1H3,(H,20,23). The lowest BCUT2D eigenvalue weighted by Crippen LogP contribution is -2.41. The summed E-state index contributed by atoms with van der Waals surface area (Å²) in [6.07, 6.45) is 4.24. The van der Waals surface area contributed by atoms with Gasteiger partial charge in [-0.3, -0.25) is 0 Å². The summed E-state index contributed by atoms with van der Waals surface area (Å²) in [5.41, 5.74) is 2.21. The average Bonchev–Trinajstić information content (AvgIpc) is 3.28. The van der Waals surface area contributed by atoms with Gasteiger partial charge >= 0.3 is 6.03 Å². The number of hydrogen-bond acceptors (Lipinski definition) is 1. The highest BCUT2D eigenvalue weighted by molar-refractivity contribution is 6.31. The minimum absolute atomic E-state index is 0.0282. The molecule has 0 saturated heterocycles. The average molecular weight is 332 g/mol. The molecule has 0 atom stereocenters. The number of amides is 2. The summed E-state index contributed by atoms with van der Waals surface area (Å²) in [4.78, 5) is 14.2. The van der Waals surface area contributed by atoms with Crippen LogP contribution in [0.25, 0.3) is 0 Å². The number of urea groups is 1. The molecule has 2 aromatic rings. The predicted octanol–water partition coefficient (Wildman–Crippen LogP) is 3.88. The number of nitrogens with one attached hydrogen (secondary N) is 1. The third-order valence-electron chi connectivity index (χ3n) is 4.13. The molecule has 122 valence electrons. The molecule has 1 N–H and O–H groups in total. The summed E-state index contributed by atoms with van der Waals surface area (Å²) in [7, 11) is 0. The van der Waals surface area contributed by atoms with Crippen molar-refractivity contribution in [2.45, 2.75) is 38.9 Å². The summed E-state index contributed by atoms with van der Waals surface area (Å²) >= 11 is 6.26. The molecule has 0 unspecified atom stereocenters. The predicted molar refractivity (Wildman–Crippen MR) is 92.6 cm³/mol. The Labute approximate surface area is 142 Å². The smallest absolute Gasteiger partial charge is 0.317 e. The molecule has 1 fully saturated rings. The fourth-order valence-corrected chi connectivity index (χ4v) is 2.93. The summed E-state index contributed by atoms with van der Waals surface area (Å²) in [6.45, 7) is 3.95. The molecule has 2 amide bonds. The molecule has 23 heavy (non-hydrogen) atoms. The molecular weight excluding hydrogens is 310 g/mol. The van der Waals surface area contributed by atoms with Gasteiger partial charge in [0.05, 0.1) is 6.54 Å². The lowest BCUT2D eigenvalue weighted by atomic mass is 10.2. The van der Waals surface area contributed by atoms with Crippen molar-refractivity contribution in [1.82, 2.24) is 14.8 Å². The third kappa shape index (κ3) is 3.88. The highest BCUT2D eigenvalue weighted by atomic mass is 35.5. The van der Waals surface area contributed by atoms with Crippen LogP contribution in [-0.2, 0) is 13.1 Å². The van der Waals surface area contributed by atoms with E-state index in [1.807, 2.05) is 48.4 Å². The first-order chi connectivity index (χ1) is 11.2. The monoisotopic (exact) mass is 331 g/mol. The molecule has 0 aliphatic heterocycles. The maximum Gasteiger partial charge on any atom is 0.317 e. The van der Waals surface area contributed by atoms with E-state index in [2.05, 4.69) is 16.0 Å². The molecule has 1 aliphatic carbocycles. The zero-order valence-corrected chi connectivity index (χ0v) is 14.1. The summed E-state index contributed by atoms with van der Waals surface area (Å²) in [5.74, 6) is 0. The maximum absolute atomic E-state index is 12.3. The van der Waals surface area contributed by atoms with E-state index in [-0.39, 0.29) is 6.03 Å². The van der Waals surface area contributed by atoms with Gasteiger partial charge in [-0.05, 0) is 43.5 Å². The third-order valence-corrected chi connectivity index (χ3v) is 4.50. The van der Waals surface area contributed by atoms with E-state index >= 15 is 0 Å². The van der Waals surface area contributed by atoms with Crippen molar-refractivity contribution in [3.05, 3.63) is 58.9 Å². The van der Waals surface area contributed by atoms with Crippen LogP contribution >= 0.6 is 11.6 Å². The van der Waals surface area contributed by atoms with Crippen molar-refractivity contribution in [2.24, 2.45) is 0 Å². The molecule has 1 aromatic carbocycles. The molecule has 3 rings (SSSR count). The topological polar surface area (TPSA) is 37.3 Å². The molecule has 1 heterocycles. The number of carbonyl (C=O) groups excluding carboxylic acids is 1. The zero-order chi connectivity index (χ0) is 16.2. The van der Waals surface area contributed by atoms with Crippen LogP contribution < -0.4 is 5.32 Å². The van der Waals surface area contributed by atoms with Crippen LogP contribution in [0.1, 0.15) is 31.0 Å². The molecule has 0 bridgehead atoms. The van der Waals surface area contributed by atoms with Crippen LogP contribution in [-0.4, -0.2) is 28.1 Å². The number of benzene rings is 1. The van der Waals surface area contributed by atoms with Crippen molar-refractivity contribution in [3.8, 4) is 0 Å². The van der Waals surface area contributed by atoms with Crippen molar-refractivity contribution in [2.75, 3.05) is 6.54 Å². The van der Waals surface area contributed by atoms with Crippen LogP contribution in [0, 0.1) is 0 Å². The van der Waals surface area contributed by atoms with Crippen molar-refractivity contribution >= 4 is 17.6 Å². The number of carbonyl (C=O) groups is 1.